The molecule has 3 fully saturated rings. The van der Waals surface area contributed by atoms with Gasteiger partial charge in [0, 0.05) is 50.2 Å². The number of anilines is 1. The van der Waals surface area contributed by atoms with E-state index in [2.05, 4.69) is 32.1 Å². The van der Waals surface area contributed by atoms with E-state index >= 15 is 4.39 Å². The number of aromatic nitrogens is 4. The molecule has 5 heterocycles. The third-order valence-electron chi connectivity index (χ3n) is 8.06. The molecular formula is C28H36F2N6O2. The van der Waals surface area contributed by atoms with Crippen molar-refractivity contribution in [3.8, 4) is 5.82 Å². The first-order chi connectivity index (χ1) is 18.5. The molecule has 0 radical (unpaired) electrons. The van der Waals surface area contributed by atoms with E-state index < -0.39 is 12.8 Å². The lowest BCUT2D eigenvalue weighted by Crippen LogP contribution is -2.54. The van der Waals surface area contributed by atoms with Gasteiger partial charge < -0.3 is 14.4 Å². The number of likely N-dealkylation sites (tertiary alicyclic amines) is 1. The summed E-state index contributed by atoms with van der Waals surface area (Å²) in [5.74, 6) is 1.98. The van der Waals surface area contributed by atoms with Crippen molar-refractivity contribution in [1.29, 1.82) is 0 Å². The van der Waals surface area contributed by atoms with Gasteiger partial charge in [-0.15, -0.1) is 0 Å². The molecule has 1 aromatic carbocycles. The largest absolute Gasteiger partial charge is 0.353 e. The predicted octanol–water partition coefficient (Wildman–Crippen LogP) is 4.26. The first-order valence-corrected chi connectivity index (χ1v) is 13.8. The van der Waals surface area contributed by atoms with Crippen LogP contribution in [0.3, 0.4) is 0 Å². The fraction of sp³-hybridized carbons (Fsp3) is 0.607. The monoisotopic (exact) mass is 526 g/mol. The predicted molar refractivity (Wildman–Crippen MR) is 141 cm³/mol. The van der Waals surface area contributed by atoms with Crippen LogP contribution in [0.1, 0.15) is 48.6 Å². The lowest BCUT2D eigenvalue weighted by Gasteiger charge is -2.41. The maximum atomic E-state index is 15.2. The molecule has 0 N–H and O–H groups in total. The summed E-state index contributed by atoms with van der Waals surface area (Å²) in [6.45, 7) is 7.04. The first-order valence-electron chi connectivity index (χ1n) is 13.8. The summed E-state index contributed by atoms with van der Waals surface area (Å²) in [7, 11) is 0. The number of piperidine rings is 1. The highest BCUT2D eigenvalue weighted by Gasteiger charge is 2.33. The van der Waals surface area contributed by atoms with Crippen molar-refractivity contribution in [3.05, 3.63) is 41.3 Å². The van der Waals surface area contributed by atoms with Crippen LogP contribution in [0.4, 0.5) is 14.6 Å². The topological polar surface area (TPSA) is 68.5 Å². The summed E-state index contributed by atoms with van der Waals surface area (Å²) in [6, 6.07) is 6.10. The molecule has 3 aliphatic rings. The number of nitrogens with zero attached hydrogens (tertiary/aromatic N) is 6. The Bertz CT molecular complexity index is 1270. The zero-order chi connectivity index (χ0) is 26.2. The average Bonchev–Trinajstić information content (AvgIpc) is 3.29. The van der Waals surface area contributed by atoms with Gasteiger partial charge in [-0.2, -0.15) is 5.10 Å². The van der Waals surface area contributed by atoms with Crippen LogP contribution in [0.15, 0.2) is 24.4 Å². The zero-order valence-corrected chi connectivity index (χ0v) is 22.2. The fourth-order valence-electron chi connectivity index (χ4n) is 5.98. The molecule has 3 saturated heterocycles. The Hall–Kier alpha value is -2.69. The Balaban J connectivity index is 1.22. The Labute approximate surface area is 221 Å². The number of hydrogen-bond acceptors (Lipinski definition) is 7. The molecule has 6 rings (SSSR count). The standard InChI is InChI=1S/C28H36F2N6O2/c1-18-11-20-14-31-36(25(20)12-23(18)22-6-8-34(9-7-29)17-24(22)30)27-13-26(32-19(2)33-27)35-15-21(16-35)38-28-5-3-4-10-37-28/h11-14,21-22,24,28H,3-10,15-17H2,1-2H3. The van der Waals surface area contributed by atoms with Crippen LogP contribution in [0.25, 0.3) is 16.7 Å². The summed E-state index contributed by atoms with van der Waals surface area (Å²) < 4.78 is 41.7. The molecule has 0 spiro atoms. The summed E-state index contributed by atoms with van der Waals surface area (Å²) in [5.41, 5.74) is 2.94. The van der Waals surface area contributed by atoms with Crippen molar-refractivity contribution in [2.24, 2.45) is 0 Å². The molecule has 0 saturated carbocycles. The van der Waals surface area contributed by atoms with Crippen LogP contribution in [0.5, 0.6) is 0 Å². The number of halogens is 2. The summed E-state index contributed by atoms with van der Waals surface area (Å²) in [5, 5.41) is 5.63. The molecule has 2 aromatic heterocycles. The number of alkyl halides is 2. The van der Waals surface area contributed by atoms with Crippen LogP contribution in [-0.2, 0) is 9.47 Å². The third kappa shape index (κ3) is 5.13. The number of hydrogen-bond donors (Lipinski definition) is 0. The van der Waals surface area contributed by atoms with Gasteiger partial charge in [0.1, 0.15) is 24.5 Å². The van der Waals surface area contributed by atoms with Crippen LogP contribution in [0, 0.1) is 13.8 Å². The van der Waals surface area contributed by atoms with Gasteiger partial charge in [0.05, 0.1) is 17.8 Å². The van der Waals surface area contributed by atoms with E-state index in [9.17, 15) is 4.39 Å². The van der Waals surface area contributed by atoms with Crippen molar-refractivity contribution in [2.45, 2.75) is 64.0 Å². The number of fused-ring (bicyclic) bond motifs is 1. The van der Waals surface area contributed by atoms with E-state index in [1.807, 2.05) is 35.7 Å². The molecule has 3 aromatic rings. The van der Waals surface area contributed by atoms with Gasteiger partial charge in [0.15, 0.2) is 12.1 Å². The molecule has 38 heavy (non-hydrogen) atoms. The van der Waals surface area contributed by atoms with E-state index in [-0.39, 0.29) is 24.9 Å². The van der Waals surface area contributed by atoms with Gasteiger partial charge >= 0.3 is 0 Å². The molecule has 0 aliphatic carbocycles. The highest BCUT2D eigenvalue weighted by Crippen LogP contribution is 2.35. The number of ether oxygens (including phenoxy) is 2. The molecular weight excluding hydrogens is 490 g/mol. The molecule has 3 unspecified atom stereocenters. The van der Waals surface area contributed by atoms with Crippen LogP contribution < -0.4 is 4.90 Å². The molecule has 3 atom stereocenters. The van der Waals surface area contributed by atoms with Crippen molar-refractivity contribution in [3.63, 3.8) is 0 Å². The Morgan fingerprint density at radius 1 is 1.05 bits per heavy atom. The van der Waals surface area contributed by atoms with Gasteiger partial charge in [0.25, 0.3) is 0 Å². The minimum Gasteiger partial charge on any atom is -0.353 e. The van der Waals surface area contributed by atoms with Crippen molar-refractivity contribution < 1.29 is 18.3 Å². The van der Waals surface area contributed by atoms with E-state index in [1.165, 1.54) is 0 Å². The van der Waals surface area contributed by atoms with Crippen molar-refractivity contribution in [2.75, 3.05) is 50.9 Å². The minimum atomic E-state index is -1.03. The third-order valence-corrected chi connectivity index (χ3v) is 8.06. The Morgan fingerprint density at radius 3 is 2.66 bits per heavy atom. The summed E-state index contributed by atoms with van der Waals surface area (Å²) >= 11 is 0. The Morgan fingerprint density at radius 2 is 1.89 bits per heavy atom. The van der Waals surface area contributed by atoms with E-state index in [0.29, 0.717) is 31.2 Å². The van der Waals surface area contributed by atoms with Crippen LogP contribution in [-0.4, -0.2) is 89.2 Å². The molecule has 10 heteroatoms. The SMILES string of the molecule is Cc1nc(N2CC(OC3CCCCO3)C2)cc(-n2ncc3cc(C)c(C4CCN(CCF)CC4F)cc32)n1. The Kier molecular flexibility index (Phi) is 7.29. The van der Waals surface area contributed by atoms with E-state index in [1.54, 1.807) is 0 Å². The first kappa shape index (κ1) is 25.6. The quantitative estimate of drug-likeness (QED) is 0.456. The van der Waals surface area contributed by atoms with Gasteiger partial charge in [-0.25, -0.2) is 23.4 Å². The molecule has 0 amide bonds. The second-order valence-electron chi connectivity index (χ2n) is 10.8. The van der Waals surface area contributed by atoms with Crippen molar-refractivity contribution >= 4 is 16.7 Å². The highest BCUT2D eigenvalue weighted by atomic mass is 19.1. The highest BCUT2D eigenvalue weighted by molar-refractivity contribution is 5.82. The van der Waals surface area contributed by atoms with Gasteiger partial charge in [-0.1, -0.05) is 0 Å². The summed E-state index contributed by atoms with van der Waals surface area (Å²) in [6.07, 6.45) is 4.73. The molecule has 204 valence electrons. The number of rotatable bonds is 7. The molecule has 8 nitrogen and oxygen atoms in total. The number of aryl methyl sites for hydroxylation is 2. The van der Waals surface area contributed by atoms with Crippen LogP contribution in [0.2, 0.25) is 0 Å². The second-order valence-corrected chi connectivity index (χ2v) is 10.8. The molecule has 3 aliphatic heterocycles. The number of benzene rings is 1. The fourth-order valence-corrected chi connectivity index (χ4v) is 5.98. The normalized spacial score (nSPS) is 25.2. The van der Waals surface area contributed by atoms with Gasteiger partial charge in [0.2, 0.25) is 0 Å². The van der Waals surface area contributed by atoms with E-state index in [0.717, 1.165) is 66.8 Å². The van der Waals surface area contributed by atoms with E-state index in [4.69, 9.17) is 9.47 Å². The maximum Gasteiger partial charge on any atom is 0.159 e. The maximum absolute atomic E-state index is 15.2. The van der Waals surface area contributed by atoms with Gasteiger partial charge in [-0.05, 0) is 69.3 Å². The molecule has 0 bridgehead atoms. The van der Waals surface area contributed by atoms with Crippen LogP contribution >= 0.6 is 0 Å². The smallest absolute Gasteiger partial charge is 0.159 e. The van der Waals surface area contributed by atoms with Gasteiger partial charge in [-0.3, -0.25) is 4.90 Å². The lowest BCUT2D eigenvalue weighted by atomic mass is 9.85. The average molecular weight is 527 g/mol. The summed E-state index contributed by atoms with van der Waals surface area (Å²) in [4.78, 5) is 13.4. The second kappa shape index (κ2) is 10.8. The van der Waals surface area contributed by atoms with Crippen molar-refractivity contribution in [1.82, 2.24) is 24.6 Å². The lowest BCUT2D eigenvalue weighted by molar-refractivity contribution is -0.191. The zero-order valence-electron chi connectivity index (χ0n) is 22.2. The minimum absolute atomic E-state index is 0.0912.